The lowest BCUT2D eigenvalue weighted by molar-refractivity contribution is 0.639. The van der Waals surface area contributed by atoms with Gasteiger partial charge in [0.2, 0.25) is 0 Å². The largest absolute Gasteiger partial charge is 0.251 e. The number of aromatic nitrogens is 4. The fourth-order valence-electron chi connectivity index (χ4n) is 2.11. The summed E-state index contributed by atoms with van der Waals surface area (Å²) in [5.74, 6) is 0. The number of fused-ring (bicyclic) bond motifs is 1. The van der Waals surface area contributed by atoms with Crippen molar-refractivity contribution in [2.75, 3.05) is 0 Å². The van der Waals surface area contributed by atoms with E-state index in [0.29, 0.717) is 6.54 Å². The highest BCUT2D eigenvalue weighted by molar-refractivity contribution is 6.20. The molecule has 0 aliphatic heterocycles. The highest BCUT2D eigenvalue weighted by atomic mass is 35.5. The summed E-state index contributed by atoms with van der Waals surface area (Å²) in [6.07, 6.45) is 2.73. The Hall–Kier alpha value is -1.94. The molecule has 1 atom stereocenters. The molecule has 0 spiro atoms. The predicted octanol–water partition coefficient (Wildman–Crippen LogP) is 3.56. The third-order valence-electron chi connectivity index (χ3n) is 3.22. The predicted molar refractivity (Wildman–Crippen MR) is 79.8 cm³/mol. The van der Waals surface area contributed by atoms with Crippen LogP contribution in [0, 0.1) is 0 Å². The van der Waals surface area contributed by atoms with Crippen LogP contribution in [-0.4, -0.2) is 20.0 Å². The van der Waals surface area contributed by atoms with Crippen LogP contribution in [0.2, 0.25) is 0 Å². The van der Waals surface area contributed by atoms with E-state index >= 15 is 0 Å². The number of pyridine rings is 1. The number of para-hydroxylation sites is 1. The van der Waals surface area contributed by atoms with Crippen molar-refractivity contribution in [1.29, 1.82) is 0 Å². The SMILES string of the molecule is CCC(Cl)c1cn(Cc2ccc3ccccc3n2)nn1. The molecule has 0 amide bonds. The molecule has 0 N–H and O–H groups in total. The first kappa shape index (κ1) is 13.1. The van der Waals surface area contributed by atoms with Crippen LogP contribution in [0.15, 0.2) is 42.6 Å². The quantitative estimate of drug-likeness (QED) is 0.689. The van der Waals surface area contributed by atoms with Crippen molar-refractivity contribution >= 4 is 22.5 Å². The van der Waals surface area contributed by atoms with Gasteiger partial charge in [-0.3, -0.25) is 4.98 Å². The third kappa shape index (κ3) is 2.65. The molecule has 0 saturated heterocycles. The van der Waals surface area contributed by atoms with E-state index in [9.17, 15) is 0 Å². The van der Waals surface area contributed by atoms with Crippen LogP contribution < -0.4 is 0 Å². The molecule has 0 aliphatic rings. The van der Waals surface area contributed by atoms with Crippen molar-refractivity contribution in [1.82, 2.24) is 20.0 Å². The normalized spacial score (nSPS) is 12.7. The van der Waals surface area contributed by atoms with Crippen molar-refractivity contribution in [3.05, 3.63) is 54.0 Å². The van der Waals surface area contributed by atoms with Crippen LogP contribution in [0.5, 0.6) is 0 Å². The Bertz CT molecular complexity index is 722. The molecule has 0 aliphatic carbocycles. The van der Waals surface area contributed by atoms with Gasteiger partial charge in [0, 0.05) is 5.39 Å². The Balaban J connectivity index is 1.83. The maximum Gasteiger partial charge on any atom is 0.101 e. The molecular formula is C15H15ClN4. The number of benzene rings is 1. The lowest BCUT2D eigenvalue weighted by Crippen LogP contribution is -2.02. The van der Waals surface area contributed by atoms with Gasteiger partial charge in [-0.15, -0.1) is 16.7 Å². The Morgan fingerprint density at radius 2 is 2.05 bits per heavy atom. The number of hydrogen-bond acceptors (Lipinski definition) is 3. The van der Waals surface area contributed by atoms with E-state index in [4.69, 9.17) is 11.6 Å². The molecule has 4 nitrogen and oxygen atoms in total. The van der Waals surface area contributed by atoms with Crippen molar-refractivity contribution in [3.8, 4) is 0 Å². The molecule has 1 unspecified atom stereocenters. The Kier molecular flexibility index (Phi) is 3.65. The second kappa shape index (κ2) is 5.59. The molecule has 0 radical (unpaired) electrons. The summed E-state index contributed by atoms with van der Waals surface area (Å²) < 4.78 is 1.78. The van der Waals surface area contributed by atoms with E-state index in [2.05, 4.69) is 27.4 Å². The summed E-state index contributed by atoms with van der Waals surface area (Å²) in [7, 11) is 0. The maximum absolute atomic E-state index is 6.15. The average molecular weight is 287 g/mol. The molecule has 0 fully saturated rings. The summed E-state index contributed by atoms with van der Waals surface area (Å²) in [6, 6.07) is 12.2. The molecule has 1 aromatic carbocycles. The van der Waals surface area contributed by atoms with Gasteiger partial charge in [-0.25, -0.2) is 4.68 Å². The zero-order chi connectivity index (χ0) is 13.9. The van der Waals surface area contributed by atoms with Gasteiger partial charge in [0.05, 0.1) is 29.3 Å². The lowest BCUT2D eigenvalue weighted by atomic mass is 10.2. The summed E-state index contributed by atoms with van der Waals surface area (Å²) in [6.45, 7) is 2.63. The summed E-state index contributed by atoms with van der Waals surface area (Å²) in [4.78, 5) is 4.62. The van der Waals surface area contributed by atoms with Crippen LogP contribution >= 0.6 is 11.6 Å². The van der Waals surface area contributed by atoms with Gasteiger partial charge in [-0.2, -0.15) is 0 Å². The molecule has 3 aromatic rings. The standard InChI is InChI=1S/C15H15ClN4/c1-2-13(16)15-10-20(19-18-15)9-12-8-7-11-5-3-4-6-14(11)17-12/h3-8,10,13H,2,9H2,1H3. The van der Waals surface area contributed by atoms with E-state index in [1.807, 2.05) is 37.4 Å². The zero-order valence-electron chi connectivity index (χ0n) is 11.2. The molecule has 20 heavy (non-hydrogen) atoms. The van der Waals surface area contributed by atoms with Gasteiger partial charge in [-0.05, 0) is 18.6 Å². The van der Waals surface area contributed by atoms with Crippen LogP contribution in [0.1, 0.15) is 30.1 Å². The first-order chi connectivity index (χ1) is 9.76. The van der Waals surface area contributed by atoms with E-state index in [-0.39, 0.29) is 5.38 Å². The molecule has 5 heteroatoms. The maximum atomic E-state index is 6.15. The number of hydrogen-bond donors (Lipinski definition) is 0. The average Bonchev–Trinajstić information content (AvgIpc) is 2.95. The molecule has 0 bridgehead atoms. The van der Waals surface area contributed by atoms with Crippen LogP contribution in [0.3, 0.4) is 0 Å². The molecular weight excluding hydrogens is 272 g/mol. The second-order valence-corrected chi connectivity index (χ2v) is 5.24. The number of nitrogens with zero attached hydrogens (tertiary/aromatic N) is 4. The fourth-order valence-corrected chi connectivity index (χ4v) is 2.21. The molecule has 2 heterocycles. The van der Waals surface area contributed by atoms with Gasteiger partial charge in [-0.1, -0.05) is 36.4 Å². The molecule has 0 saturated carbocycles. The van der Waals surface area contributed by atoms with Crippen molar-refractivity contribution in [2.24, 2.45) is 0 Å². The van der Waals surface area contributed by atoms with E-state index in [1.165, 1.54) is 0 Å². The Labute approximate surface area is 122 Å². The minimum atomic E-state index is -0.0756. The van der Waals surface area contributed by atoms with Crippen LogP contribution in [-0.2, 0) is 6.54 Å². The zero-order valence-corrected chi connectivity index (χ0v) is 12.0. The molecule has 2 aromatic heterocycles. The highest BCUT2D eigenvalue weighted by Gasteiger charge is 2.10. The molecule has 3 rings (SSSR count). The Morgan fingerprint density at radius 1 is 1.20 bits per heavy atom. The minimum absolute atomic E-state index is 0.0756. The van der Waals surface area contributed by atoms with E-state index in [1.54, 1.807) is 4.68 Å². The second-order valence-electron chi connectivity index (χ2n) is 4.71. The number of halogens is 1. The van der Waals surface area contributed by atoms with E-state index < -0.39 is 0 Å². The van der Waals surface area contributed by atoms with Gasteiger partial charge in [0.25, 0.3) is 0 Å². The number of rotatable bonds is 4. The smallest absolute Gasteiger partial charge is 0.101 e. The summed E-state index contributed by atoms with van der Waals surface area (Å²) in [5.41, 5.74) is 2.77. The van der Waals surface area contributed by atoms with Crippen molar-refractivity contribution in [2.45, 2.75) is 25.3 Å². The first-order valence-corrected chi connectivity index (χ1v) is 7.08. The summed E-state index contributed by atoms with van der Waals surface area (Å²) in [5, 5.41) is 9.27. The molecule has 102 valence electrons. The highest BCUT2D eigenvalue weighted by Crippen LogP contribution is 2.21. The summed E-state index contributed by atoms with van der Waals surface area (Å²) >= 11 is 6.15. The van der Waals surface area contributed by atoms with Crippen molar-refractivity contribution < 1.29 is 0 Å². The number of alkyl halides is 1. The van der Waals surface area contributed by atoms with Crippen LogP contribution in [0.25, 0.3) is 10.9 Å². The van der Waals surface area contributed by atoms with E-state index in [0.717, 1.165) is 28.7 Å². The van der Waals surface area contributed by atoms with Gasteiger partial charge in [0.15, 0.2) is 0 Å². The first-order valence-electron chi connectivity index (χ1n) is 6.65. The topological polar surface area (TPSA) is 43.6 Å². The van der Waals surface area contributed by atoms with Crippen molar-refractivity contribution in [3.63, 3.8) is 0 Å². The van der Waals surface area contributed by atoms with Crippen LogP contribution in [0.4, 0.5) is 0 Å². The lowest BCUT2D eigenvalue weighted by Gasteiger charge is -2.03. The van der Waals surface area contributed by atoms with Gasteiger partial charge < -0.3 is 0 Å². The van der Waals surface area contributed by atoms with Gasteiger partial charge in [0.1, 0.15) is 5.69 Å². The fraction of sp³-hybridized carbons (Fsp3) is 0.267. The Morgan fingerprint density at radius 3 is 2.90 bits per heavy atom. The van der Waals surface area contributed by atoms with Gasteiger partial charge >= 0.3 is 0 Å². The monoisotopic (exact) mass is 286 g/mol. The third-order valence-corrected chi connectivity index (χ3v) is 3.75. The minimum Gasteiger partial charge on any atom is -0.251 e.